The first-order valence-corrected chi connectivity index (χ1v) is 15.0. The molecule has 44 heavy (non-hydrogen) atoms. The van der Waals surface area contributed by atoms with E-state index in [9.17, 15) is 22.8 Å². The number of carboxylic acid groups (broad SMARTS) is 1. The summed E-state index contributed by atoms with van der Waals surface area (Å²) in [5.74, 6) is -1.19. The van der Waals surface area contributed by atoms with Crippen LogP contribution < -0.4 is 20.3 Å². The van der Waals surface area contributed by atoms with Crippen LogP contribution in [0.25, 0.3) is 5.69 Å². The van der Waals surface area contributed by atoms with E-state index >= 15 is 0 Å². The number of aromatic nitrogens is 2. The number of thioether (sulfide) groups is 1. The lowest BCUT2D eigenvalue weighted by atomic mass is 10.0. The predicted molar refractivity (Wildman–Crippen MR) is 155 cm³/mol. The second-order valence-electron chi connectivity index (χ2n) is 10.4. The van der Waals surface area contributed by atoms with Crippen LogP contribution in [0, 0.1) is 0 Å². The van der Waals surface area contributed by atoms with E-state index < -0.39 is 12.1 Å². The van der Waals surface area contributed by atoms with Crippen molar-refractivity contribution in [1.29, 1.82) is 0 Å². The van der Waals surface area contributed by atoms with Crippen molar-refractivity contribution in [3.63, 3.8) is 0 Å². The topological polar surface area (TPSA) is 123 Å². The lowest BCUT2D eigenvalue weighted by Gasteiger charge is -2.30. The monoisotopic (exact) mass is 632 g/mol. The molecular formula is C30H31F3N4O6S. The van der Waals surface area contributed by atoms with Gasteiger partial charge in [0.1, 0.15) is 0 Å². The van der Waals surface area contributed by atoms with E-state index in [0.717, 1.165) is 46.4 Å². The number of aliphatic carboxylic acids is 1. The van der Waals surface area contributed by atoms with Gasteiger partial charge in [0.2, 0.25) is 12.7 Å². The molecule has 1 amide bonds. The quantitative estimate of drug-likeness (QED) is 0.276. The molecule has 0 saturated heterocycles. The maximum Gasteiger partial charge on any atom is 0.490 e. The van der Waals surface area contributed by atoms with Gasteiger partial charge in [0.25, 0.3) is 5.56 Å². The van der Waals surface area contributed by atoms with Crippen molar-refractivity contribution in [1.82, 2.24) is 19.8 Å². The van der Waals surface area contributed by atoms with E-state index in [1.807, 2.05) is 48.5 Å². The Morgan fingerprint density at radius 3 is 2.50 bits per heavy atom. The highest BCUT2D eigenvalue weighted by Crippen LogP contribution is 2.36. The van der Waals surface area contributed by atoms with Gasteiger partial charge >= 0.3 is 12.1 Å². The van der Waals surface area contributed by atoms with Crippen LogP contribution >= 0.6 is 11.8 Å². The molecule has 10 nitrogen and oxygen atoms in total. The Labute approximate surface area is 255 Å². The average Bonchev–Trinajstić information content (AvgIpc) is 3.45. The van der Waals surface area contributed by atoms with Crippen LogP contribution in [0.2, 0.25) is 0 Å². The third kappa shape index (κ3) is 7.53. The predicted octanol–water partition coefficient (Wildman–Crippen LogP) is 4.30. The fourth-order valence-electron chi connectivity index (χ4n) is 4.83. The Bertz CT molecular complexity index is 1560. The average molecular weight is 633 g/mol. The maximum absolute atomic E-state index is 13.7. The van der Waals surface area contributed by atoms with Crippen LogP contribution in [0.5, 0.6) is 11.5 Å². The second-order valence-corrected chi connectivity index (χ2v) is 11.7. The van der Waals surface area contributed by atoms with Gasteiger partial charge in [-0.1, -0.05) is 42.4 Å². The number of halogens is 3. The Kier molecular flexibility index (Phi) is 9.79. The van der Waals surface area contributed by atoms with Gasteiger partial charge in [-0.15, -0.1) is 0 Å². The number of nitrogens with zero attached hydrogens (tertiary/aromatic N) is 3. The van der Waals surface area contributed by atoms with Crippen molar-refractivity contribution in [2.45, 2.75) is 61.8 Å². The maximum atomic E-state index is 13.7. The van der Waals surface area contributed by atoms with E-state index in [0.29, 0.717) is 49.8 Å². The number of para-hydroxylation sites is 1. The molecule has 3 heterocycles. The van der Waals surface area contributed by atoms with Gasteiger partial charge < -0.3 is 24.8 Å². The molecular weight excluding hydrogens is 601 g/mol. The zero-order valence-corrected chi connectivity index (χ0v) is 24.5. The van der Waals surface area contributed by atoms with Crippen molar-refractivity contribution in [3.8, 4) is 17.2 Å². The molecule has 1 saturated carbocycles. The number of rotatable bonds is 8. The Morgan fingerprint density at radius 1 is 1.09 bits per heavy atom. The molecule has 3 aliphatic rings. The van der Waals surface area contributed by atoms with Crippen molar-refractivity contribution in [3.05, 3.63) is 75.7 Å². The molecule has 0 atom stereocenters. The smallest absolute Gasteiger partial charge is 0.475 e. The van der Waals surface area contributed by atoms with Gasteiger partial charge in [0.15, 0.2) is 16.7 Å². The van der Waals surface area contributed by atoms with Gasteiger partial charge in [-0.05, 0) is 42.7 Å². The minimum Gasteiger partial charge on any atom is -0.475 e. The van der Waals surface area contributed by atoms with E-state index in [1.165, 1.54) is 6.42 Å². The van der Waals surface area contributed by atoms with Gasteiger partial charge in [-0.25, -0.2) is 9.78 Å². The summed E-state index contributed by atoms with van der Waals surface area (Å²) in [5, 5.41) is 11.8. The molecule has 0 spiro atoms. The fourth-order valence-corrected chi connectivity index (χ4v) is 6.15. The molecule has 0 bridgehead atoms. The molecule has 1 fully saturated rings. The Hall–Kier alpha value is -4.04. The lowest BCUT2D eigenvalue weighted by molar-refractivity contribution is -0.192. The molecule has 234 valence electrons. The first-order valence-electron chi connectivity index (χ1n) is 14.1. The molecule has 1 aliphatic carbocycles. The number of hydrogen-bond acceptors (Lipinski definition) is 8. The Morgan fingerprint density at radius 2 is 1.82 bits per heavy atom. The number of fused-ring (bicyclic) bond motifs is 2. The van der Waals surface area contributed by atoms with Crippen molar-refractivity contribution in [2.75, 3.05) is 19.9 Å². The molecule has 1 aromatic heterocycles. The largest absolute Gasteiger partial charge is 0.490 e. The van der Waals surface area contributed by atoms with Crippen LogP contribution in [-0.2, 0) is 29.1 Å². The van der Waals surface area contributed by atoms with Crippen LogP contribution in [-0.4, -0.2) is 62.7 Å². The zero-order chi connectivity index (χ0) is 31.3. The van der Waals surface area contributed by atoms with E-state index in [4.69, 9.17) is 24.4 Å². The third-order valence-corrected chi connectivity index (χ3v) is 8.70. The first-order chi connectivity index (χ1) is 21.1. The molecule has 2 aromatic carbocycles. The van der Waals surface area contributed by atoms with E-state index in [1.54, 1.807) is 21.2 Å². The molecule has 0 radical (unpaired) electrons. The normalized spacial score (nSPS) is 15.6. The van der Waals surface area contributed by atoms with Crippen molar-refractivity contribution < 1.29 is 37.3 Å². The zero-order valence-electron chi connectivity index (χ0n) is 23.6. The number of carboxylic acids is 1. The van der Waals surface area contributed by atoms with Crippen LogP contribution in [0.15, 0.2) is 58.5 Å². The number of alkyl halides is 3. The Balaban J connectivity index is 0.000000493. The van der Waals surface area contributed by atoms with Crippen LogP contribution in [0.4, 0.5) is 13.2 Å². The summed E-state index contributed by atoms with van der Waals surface area (Å²) in [4.78, 5) is 42.4. The summed E-state index contributed by atoms with van der Waals surface area (Å²) in [7, 11) is 0. The molecule has 6 rings (SSSR count). The van der Waals surface area contributed by atoms with Crippen LogP contribution in [0.1, 0.15) is 42.5 Å². The van der Waals surface area contributed by atoms with Gasteiger partial charge in [0.05, 0.1) is 23.5 Å². The number of carbonyl (C=O) groups is 2. The fraction of sp³-hybridized carbons (Fsp3) is 0.400. The molecule has 14 heteroatoms. The lowest BCUT2D eigenvalue weighted by Crippen LogP contribution is -2.42. The molecule has 2 aliphatic heterocycles. The van der Waals surface area contributed by atoms with E-state index in [-0.39, 0.29) is 18.3 Å². The van der Waals surface area contributed by atoms with Crippen molar-refractivity contribution >= 4 is 23.6 Å². The summed E-state index contributed by atoms with van der Waals surface area (Å²) in [6.07, 6.45) is -0.541. The number of amides is 1. The van der Waals surface area contributed by atoms with Gasteiger partial charge in [-0.3, -0.25) is 14.2 Å². The number of carbonyl (C=O) groups excluding carboxylic acids is 1. The highest BCUT2D eigenvalue weighted by Gasteiger charge is 2.38. The highest BCUT2D eigenvalue weighted by molar-refractivity contribution is 7.99. The van der Waals surface area contributed by atoms with Gasteiger partial charge in [-0.2, -0.15) is 13.2 Å². The molecule has 3 aromatic rings. The third-order valence-electron chi connectivity index (χ3n) is 7.41. The summed E-state index contributed by atoms with van der Waals surface area (Å²) >= 11 is 1.71. The first kappa shape index (κ1) is 31.4. The summed E-state index contributed by atoms with van der Waals surface area (Å²) in [6, 6.07) is 15.6. The number of hydrogen-bond donors (Lipinski definition) is 2. The van der Waals surface area contributed by atoms with E-state index in [2.05, 4.69) is 5.32 Å². The highest BCUT2D eigenvalue weighted by atomic mass is 32.2. The minimum atomic E-state index is -5.08. The standard InChI is InChI=1S/C28H30N4O4S.C2HF3O2/c33-26(11-13-29-16-19-9-10-24-25(15-19)36-18-35-24)31-14-12-23-22(17-31)27(34)32(20-5-2-1-3-6-20)28(30-23)37-21-7-4-8-21;3-2(4,5)1(6)7/h1-3,5-6,9-10,15,21,29H,4,7-8,11-14,16-18H2;(H,6,7). The number of benzene rings is 2. The minimum absolute atomic E-state index is 0.0439. The molecule has 2 N–H and O–H groups in total. The van der Waals surface area contributed by atoms with Crippen LogP contribution in [0.3, 0.4) is 0 Å². The molecule has 0 unspecified atom stereocenters. The number of ether oxygens (including phenoxy) is 2. The second kappa shape index (κ2) is 13.7. The van der Waals surface area contributed by atoms with Gasteiger partial charge in [0, 0.05) is 37.7 Å². The summed E-state index contributed by atoms with van der Waals surface area (Å²) < 4.78 is 44.3. The number of nitrogens with one attached hydrogen (secondary N) is 1. The SMILES string of the molecule is O=C(CCNCc1ccc2c(c1)OCO2)N1CCc2nc(SC3CCC3)n(-c3ccccc3)c(=O)c2C1.O=C(O)C(F)(F)F. The van der Waals surface area contributed by atoms with Crippen molar-refractivity contribution in [2.24, 2.45) is 0 Å². The summed E-state index contributed by atoms with van der Waals surface area (Å²) in [6.45, 7) is 2.35. The summed E-state index contributed by atoms with van der Waals surface area (Å²) in [5.41, 5.74) is 3.31.